The van der Waals surface area contributed by atoms with Gasteiger partial charge in [-0.05, 0) is 69.3 Å². The van der Waals surface area contributed by atoms with Crippen molar-refractivity contribution in [1.29, 1.82) is 0 Å². The molecule has 0 saturated carbocycles. The molecule has 7 heteroatoms. The number of para-hydroxylation sites is 3. The second kappa shape index (κ2) is 10.5. The molecule has 0 bridgehead atoms. The Morgan fingerprint density at radius 3 is 2.43 bits per heavy atom. The molecule has 1 saturated heterocycles. The van der Waals surface area contributed by atoms with Crippen molar-refractivity contribution in [3.05, 3.63) is 84.7 Å². The van der Waals surface area contributed by atoms with Crippen LogP contribution in [0.25, 0.3) is 11.0 Å². The standard InChI is InChI=1S/C30H32N4O3/c1-4-37-25-16-14-23(15-17-25)32-19-22(18-28(32)35)30-31-26-12-8-9-13-27(26)33(30)20-29(36)34(21(2)3)24-10-6-5-7-11-24/h5-17,21-22H,4,18-20H2,1-3H3. The molecule has 4 aromatic rings. The van der Waals surface area contributed by atoms with E-state index in [4.69, 9.17) is 9.72 Å². The maximum Gasteiger partial charge on any atom is 0.247 e. The Labute approximate surface area is 217 Å². The van der Waals surface area contributed by atoms with Gasteiger partial charge < -0.3 is 19.1 Å². The molecule has 0 aliphatic carbocycles. The Morgan fingerprint density at radius 1 is 1.03 bits per heavy atom. The maximum atomic E-state index is 13.7. The Morgan fingerprint density at radius 2 is 1.73 bits per heavy atom. The van der Waals surface area contributed by atoms with E-state index < -0.39 is 0 Å². The van der Waals surface area contributed by atoms with Crippen LogP contribution in [-0.4, -0.2) is 40.6 Å². The summed E-state index contributed by atoms with van der Waals surface area (Å²) < 4.78 is 7.54. The predicted octanol–water partition coefficient (Wildman–Crippen LogP) is 5.40. The van der Waals surface area contributed by atoms with E-state index in [9.17, 15) is 9.59 Å². The van der Waals surface area contributed by atoms with E-state index >= 15 is 0 Å². The molecule has 1 atom stereocenters. The molecule has 190 valence electrons. The van der Waals surface area contributed by atoms with Gasteiger partial charge in [0.15, 0.2) is 0 Å². The molecule has 1 aliphatic heterocycles. The van der Waals surface area contributed by atoms with Crippen molar-refractivity contribution >= 4 is 34.2 Å². The monoisotopic (exact) mass is 496 g/mol. The van der Waals surface area contributed by atoms with Crippen LogP contribution in [0.1, 0.15) is 38.9 Å². The predicted molar refractivity (Wildman–Crippen MR) is 146 cm³/mol. The van der Waals surface area contributed by atoms with Gasteiger partial charge in [-0.2, -0.15) is 0 Å². The maximum absolute atomic E-state index is 13.7. The molecule has 3 aromatic carbocycles. The number of aromatic nitrogens is 2. The van der Waals surface area contributed by atoms with Crippen molar-refractivity contribution in [2.24, 2.45) is 0 Å². The van der Waals surface area contributed by atoms with Crippen LogP contribution in [0.3, 0.4) is 0 Å². The van der Waals surface area contributed by atoms with Crippen LogP contribution in [0.2, 0.25) is 0 Å². The average Bonchev–Trinajstić information content (AvgIpc) is 3.46. The molecule has 1 aliphatic rings. The Bertz CT molecular complexity index is 1400. The minimum absolute atomic E-state index is 0.00338. The van der Waals surface area contributed by atoms with Gasteiger partial charge in [-0.3, -0.25) is 9.59 Å². The van der Waals surface area contributed by atoms with Gasteiger partial charge in [0.2, 0.25) is 11.8 Å². The molecular weight excluding hydrogens is 464 g/mol. The van der Waals surface area contributed by atoms with E-state index in [1.54, 1.807) is 4.90 Å². The van der Waals surface area contributed by atoms with Crippen molar-refractivity contribution in [3.63, 3.8) is 0 Å². The summed E-state index contributed by atoms with van der Waals surface area (Å²) in [6, 6.07) is 25.2. The van der Waals surface area contributed by atoms with E-state index in [-0.39, 0.29) is 30.3 Å². The number of benzene rings is 3. The second-order valence-electron chi connectivity index (χ2n) is 9.57. The summed E-state index contributed by atoms with van der Waals surface area (Å²) in [7, 11) is 0. The summed E-state index contributed by atoms with van der Waals surface area (Å²) >= 11 is 0. The van der Waals surface area contributed by atoms with Crippen LogP contribution in [0.4, 0.5) is 11.4 Å². The van der Waals surface area contributed by atoms with Crippen LogP contribution in [-0.2, 0) is 16.1 Å². The molecule has 0 radical (unpaired) electrons. The summed E-state index contributed by atoms with van der Waals surface area (Å²) in [6.45, 7) is 7.23. The summed E-state index contributed by atoms with van der Waals surface area (Å²) in [4.78, 5) is 35.3. The Hall–Kier alpha value is -4.13. The van der Waals surface area contributed by atoms with E-state index in [1.165, 1.54) is 0 Å². The van der Waals surface area contributed by atoms with E-state index in [1.807, 2.05) is 109 Å². The van der Waals surface area contributed by atoms with Crippen LogP contribution in [0.5, 0.6) is 5.75 Å². The van der Waals surface area contributed by atoms with Crippen LogP contribution >= 0.6 is 0 Å². The topological polar surface area (TPSA) is 67.7 Å². The fourth-order valence-electron chi connectivity index (χ4n) is 5.12. The van der Waals surface area contributed by atoms with Crippen LogP contribution in [0.15, 0.2) is 78.9 Å². The number of hydrogen-bond donors (Lipinski definition) is 0. The first-order valence-electron chi connectivity index (χ1n) is 12.8. The summed E-state index contributed by atoms with van der Waals surface area (Å²) in [5, 5.41) is 0. The van der Waals surface area contributed by atoms with Gasteiger partial charge in [-0.1, -0.05) is 30.3 Å². The SMILES string of the molecule is CCOc1ccc(N2CC(c3nc4ccccc4n3CC(=O)N(c3ccccc3)C(C)C)CC2=O)cc1. The number of imidazole rings is 1. The largest absolute Gasteiger partial charge is 0.494 e. The van der Waals surface area contributed by atoms with Gasteiger partial charge in [-0.25, -0.2) is 4.98 Å². The summed E-state index contributed by atoms with van der Waals surface area (Å²) in [5.74, 6) is 1.46. The van der Waals surface area contributed by atoms with Crippen molar-refractivity contribution in [1.82, 2.24) is 9.55 Å². The number of nitrogens with zero attached hydrogens (tertiary/aromatic N) is 4. The third-order valence-corrected chi connectivity index (χ3v) is 6.75. The van der Waals surface area contributed by atoms with Crippen molar-refractivity contribution in [3.8, 4) is 5.75 Å². The third kappa shape index (κ3) is 4.94. The molecule has 2 heterocycles. The lowest BCUT2D eigenvalue weighted by atomic mass is 10.1. The van der Waals surface area contributed by atoms with Gasteiger partial charge in [0.05, 0.1) is 17.6 Å². The third-order valence-electron chi connectivity index (χ3n) is 6.75. The highest BCUT2D eigenvalue weighted by atomic mass is 16.5. The minimum Gasteiger partial charge on any atom is -0.494 e. The number of carbonyl (C=O) groups is 2. The van der Waals surface area contributed by atoms with Crippen molar-refractivity contribution in [2.45, 2.75) is 45.7 Å². The highest BCUT2D eigenvalue weighted by Gasteiger charge is 2.35. The Kier molecular flexibility index (Phi) is 6.95. The van der Waals surface area contributed by atoms with Crippen molar-refractivity contribution < 1.29 is 14.3 Å². The molecule has 0 spiro atoms. The lowest BCUT2D eigenvalue weighted by Gasteiger charge is -2.27. The molecule has 2 amide bonds. The molecule has 37 heavy (non-hydrogen) atoms. The Balaban J connectivity index is 1.45. The molecular formula is C30H32N4O3. The fraction of sp³-hybridized carbons (Fsp3) is 0.300. The number of ether oxygens (including phenoxy) is 1. The first-order valence-corrected chi connectivity index (χ1v) is 12.8. The highest BCUT2D eigenvalue weighted by molar-refractivity contribution is 5.97. The van der Waals surface area contributed by atoms with Crippen molar-refractivity contribution in [2.75, 3.05) is 23.0 Å². The highest BCUT2D eigenvalue weighted by Crippen LogP contribution is 2.34. The van der Waals surface area contributed by atoms with Gasteiger partial charge >= 0.3 is 0 Å². The van der Waals surface area contributed by atoms with E-state index in [0.29, 0.717) is 19.6 Å². The van der Waals surface area contributed by atoms with Crippen LogP contribution in [0, 0.1) is 0 Å². The normalized spacial score (nSPS) is 15.5. The zero-order chi connectivity index (χ0) is 25.9. The van der Waals surface area contributed by atoms with Gasteiger partial charge in [0.1, 0.15) is 18.1 Å². The van der Waals surface area contributed by atoms with Crippen LogP contribution < -0.4 is 14.5 Å². The zero-order valence-corrected chi connectivity index (χ0v) is 21.5. The lowest BCUT2D eigenvalue weighted by Crippen LogP contribution is -2.39. The summed E-state index contributed by atoms with van der Waals surface area (Å²) in [5.41, 5.74) is 3.43. The first kappa shape index (κ1) is 24.6. The molecule has 5 rings (SSSR count). The van der Waals surface area contributed by atoms with Gasteiger partial charge in [-0.15, -0.1) is 0 Å². The van der Waals surface area contributed by atoms with E-state index in [2.05, 4.69) is 0 Å². The number of carbonyl (C=O) groups excluding carboxylic acids is 2. The zero-order valence-electron chi connectivity index (χ0n) is 21.5. The first-order chi connectivity index (χ1) is 18.0. The van der Waals surface area contributed by atoms with Gasteiger partial charge in [0.25, 0.3) is 0 Å². The van der Waals surface area contributed by atoms with Gasteiger partial charge in [0, 0.05) is 36.3 Å². The number of hydrogen-bond acceptors (Lipinski definition) is 4. The summed E-state index contributed by atoms with van der Waals surface area (Å²) in [6.07, 6.45) is 0.345. The molecule has 0 N–H and O–H groups in total. The smallest absolute Gasteiger partial charge is 0.247 e. The van der Waals surface area contributed by atoms with E-state index in [0.717, 1.165) is 34.0 Å². The number of anilines is 2. The number of fused-ring (bicyclic) bond motifs is 1. The minimum atomic E-state index is -0.122. The molecule has 1 aromatic heterocycles. The number of rotatable bonds is 8. The molecule has 1 unspecified atom stereocenters. The lowest BCUT2D eigenvalue weighted by molar-refractivity contribution is -0.119. The second-order valence-corrected chi connectivity index (χ2v) is 9.57. The molecule has 1 fully saturated rings. The quantitative estimate of drug-likeness (QED) is 0.328. The molecule has 7 nitrogen and oxygen atoms in total. The fourth-order valence-corrected chi connectivity index (χ4v) is 5.12. The number of amides is 2. The average molecular weight is 497 g/mol.